The van der Waals surface area contributed by atoms with E-state index in [4.69, 9.17) is 10.8 Å². The average Bonchev–Trinajstić information content (AvgIpc) is 2.79. The second-order valence-corrected chi connectivity index (χ2v) is 5.22. The van der Waals surface area contributed by atoms with Crippen LogP contribution in [0.5, 0.6) is 0 Å². The van der Waals surface area contributed by atoms with Crippen LogP contribution in [0, 0.1) is 0 Å². The number of carboxylic acid groups (broad SMARTS) is 1. The first-order valence-electron chi connectivity index (χ1n) is 6.26. The standard InChI is InChI=1S/C13H16N4O2S/c1-2-3-9-4-6-10(7-5-9)17-12(14)15-16-13(17)20-8-11(18)19/h4-7H,2-3,8H2,1H3,(H2,14,15)(H,18,19). The molecule has 2 rings (SSSR count). The summed E-state index contributed by atoms with van der Waals surface area (Å²) in [5, 5.41) is 16.9. The number of hydrogen-bond donors (Lipinski definition) is 2. The fourth-order valence-electron chi connectivity index (χ4n) is 1.84. The predicted molar refractivity (Wildman–Crippen MR) is 78.1 cm³/mol. The zero-order valence-corrected chi connectivity index (χ0v) is 11.9. The van der Waals surface area contributed by atoms with E-state index in [1.54, 1.807) is 4.57 Å². The molecule has 0 bridgehead atoms. The highest BCUT2D eigenvalue weighted by molar-refractivity contribution is 7.99. The lowest BCUT2D eigenvalue weighted by molar-refractivity contribution is -0.133. The summed E-state index contributed by atoms with van der Waals surface area (Å²) in [6, 6.07) is 7.94. The van der Waals surface area contributed by atoms with Crippen molar-refractivity contribution in [3.05, 3.63) is 29.8 Å². The van der Waals surface area contributed by atoms with Crippen LogP contribution >= 0.6 is 11.8 Å². The zero-order chi connectivity index (χ0) is 14.5. The van der Waals surface area contributed by atoms with Gasteiger partial charge in [0.2, 0.25) is 5.95 Å². The van der Waals surface area contributed by atoms with Gasteiger partial charge in [-0.05, 0) is 24.1 Å². The van der Waals surface area contributed by atoms with Crippen molar-refractivity contribution >= 4 is 23.7 Å². The van der Waals surface area contributed by atoms with Gasteiger partial charge in [0.15, 0.2) is 5.16 Å². The van der Waals surface area contributed by atoms with Crippen LogP contribution in [0.25, 0.3) is 5.69 Å². The van der Waals surface area contributed by atoms with Crippen molar-refractivity contribution in [3.8, 4) is 5.69 Å². The summed E-state index contributed by atoms with van der Waals surface area (Å²) in [6.07, 6.45) is 2.12. The highest BCUT2D eigenvalue weighted by Gasteiger charge is 2.13. The Morgan fingerprint density at radius 2 is 2.05 bits per heavy atom. The van der Waals surface area contributed by atoms with Crippen LogP contribution in [-0.4, -0.2) is 31.6 Å². The van der Waals surface area contributed by atoms with Crippen LogP contribution in [-0.2, 0) is 11.2 Å². The first kappa shape index (κ1) is 14.4. The van der Waals surface area contributed by atoms with Crippen molar-refractivity contribution in [1.82, 2.24) is 14.8 Å². The lowest BCUT2D eigenvalue weighted by Gasteiger charge is -2.08. The topological polar surface area (TPSA) is 94.0 Å². The van der Waals surface area contributed by atoms with Crippen LogP contribution in [0.3, 0.4) is 0 Å². The molecule has 0 atom stereocenters. The number of anilines is 1. The molecule has 1 heterocycles. The summed E-state index contributed by atoms with van der Waals surface area (Å²) >= 11 is 1.10. The van der Waals surface area contributed by atoms with E-state index in [0.29, 0.717) is 5.16 Å². The Bertz CT molecular complexity index is 595. The fourth-order valence-corrected chi connectivity index (χ4v) is 2.52. The molecule has 0 saturated heterocycles. The molecule has 0 amide bonds. The Balaban J connectivity index is 2.26. The number of benzene rings is 1. The molecule has 0 radical (unpaired) electrons. The number of hydrogen-bond acceptors (Lipinski definition) is 5. The molecule has 2 aromatic rings. The van der Waals surface area contributed by atoms with Crippen LogP contribution in [0.2, 0.25) is 0 Å². The van der Waals surface area contributed by atoms with Gasteiger partial charge < -0.3 is 10.8 Å². The molecule has 0 spiro atoms. The van der Waals surface area contributed by atoms with E-state index in [0.717, 1.165) is 30.3 Å². The van der Waals surface area contributed by atoms with E-state index in [2.05, 4.69) is 17.1 Å². The molecule has 106 valence electrons. The SMILES string of the molecule is CCCc1ccc(-n2c(N)nnc2SCC(=O)O)cc1. The summed E-state index contributed by atoms with van der Waals surface area (Å²) in [5.74, 6) is -0.728. The van der Waals surface area contributed by atoms with Crippen LogP contribution in [0.1, 0.15) is 18.9 Å². The Morgan fingerprint density at radius 3 is 2.65 bits per heavy atom. The molecule has 0 unspecified atom stereocenters. The molecule has 1 aromatic heterocycles. The molecule has 6 nitrogen and oxygen atoms in total. The van der Waals surface area contributed by atoms with Gasteiger partial charge >= 0.3 is 5.97 Å². The van der Waals surface area contributed by atoms with Gasteiger partial charge in [-0.2, -0.15) is 0 Å². The van der Waals surface area contributed by atoms with Crippen molar-refractivity contribution in [2.24, 2.45) is 0 Å². The highest BCUT2D eigenvalue weighted by atomic mass is 32.2. The molecule has 0 aliphatic heterocycles. The Hall–Kier alpha value is -2.02. The van der Waals surface area contributed by atoms with Gasteiger partial charge in [-0.15, -0.1) is 10.2 Å². The maximum absolute atomic E-state index is 10.6. The van der Waals surface area contributed by atoms with Crippen molar-refractivity contribution in [2.45, 2.75) is 24.9 Å². The molecule has 0 fully saturated rings. The van der Waals surface area contributed by atoms with Gasteiger partial charge in [-0.1, -0.05) is 37.2 Å². The number of nitrogen functional groups attached to an aromatic ring is 1. The Labute approximate surface area is 121 Å². The van der Waals surface area contributed by atoms with Crippen molar-refractivity contribution in [3.63, 3.8) is 0 Å². The molecule has 0 saturated carbocycles. The van der Waals surface area contributed by atoms with Crippen LogP contribution in [0.15, 0.2) is 29.4 Å². The number of aromatic nitrogens is 3. The predicted octanol–water partition coefficient (Wildman–Crippen LogP) is 1.98. The normalized spacial score (nSPS) is 10.7. The lowest BCUT2D eigenvalue weighted by Crippen LogP contribution is -2.04. The second kappa shape index (κ2) is 6.42. The fraction of sp³-hybridized carbons (Fsp3) is 0.308. The number of nitrogens with two attached hydrogens (primary N) is 1. The average molecular weight is 292 g/mol. The number of carbonyl (C=O) groups is 1. The van der Waals surface area contributed by atoms with E-state index < -0.39 is 5.97 Å². The third kappa shape index (κ3) is 3.30. The van der Waals surface area contributed by atoms with Gasteiger partial charge in [-0.25, -0.2) is 0 Å². The molecular formula is C13H16N4O2S. The number of thioether (sulfide) groups is 1. The molecule has 7 heteroatoms. The zero-order valence-electron chi connectivity index (χ0n) is 11.1. The highest BCUT2D eigenvalue weighted by Crippen LogP contribution is 2.23. The third-order valence-electron chi connectivity index (χ3n) is 2.72. The van der Waals surface area contributed by atoms with E-state index in [1.165, 1.54) is 5.56 Å². The molecule has 3 N–H and O–H groups in total. The number of nitrogens with zero attached hydrogens (tertiary/aromatic N) is 3. The van der Waals surface area contributed by atoms with E-state index in [1.807, 2.05) is 24.3 Å². The quantitative estimate of drug-likeness (QED) is 0.791. The first-order valence-corrected chi connectivity index (χ1v) is 7.25. The molecular weight excluding hydrogens is 276 g/mol. The van der Waals surface area contributed by atoms with E-state index in [-0.39, 0.29) is 11.7 Å². The second-order valence-electron chi connectivity index (χ2n) is 4.28. The van der Waals surface area contributed by atoms with E-state index >= 15 is 0 Å². The van der Waals surface area contributed by atoms with Crippen molar-refractivity contribution in [2.75, 3.05) is 11.5 Å². The number of carboxylic acids is 1. The maximum Gasteiger partial charge on any atom is 0.313 e. The lowest BCUT2D eigenvalue weighted by atomic mass is 10.1. The van der Waals surface area contributed by atoms with E-state index in [9.17, 15) is 4.79 Å². The molecule has 20 heavy (non-hydrogen) atoms. The van der Waals surface area contributed by atoms with Crippen molar-refractivity contribution in [1.29, 1.82) is 0 Å². The van der Waals surface area contributed by atoms with Gasteiger partial charge in [0.05, 0.1) is 11.4 Å². The smallest absolute Gasteiger partial charge is 0.313 e. The summed E-state index contributed by atoms with van der Waals surface area (Å²) in [6.45, 7) is 2.13. The maximum atomic E-state index is 10.6. The summed E-state index contributed by atoms with van der Waals surface area (Å²) < 4.78 is 1.66. The number of aliphatic carboxylic acids is 1. The largest absolute Gasteiger partial charge is 0.481 e. The monoisotopic (exact) mass is 292 g/mol. The molecule has 0 aliphatic rings. The molecule has 1 aromatic carbocycles. The third-order valence-corrected chi connectivity index (χ3v) is 3.63. The summed E-state index contributed by atoms with van der Waals surface area (Å²) in [4.78, 5) is 10.6. The number of rotatable bonds is 6. The first-order chi connectivity index (χ1) is 9.61. The van der Waals surface area contributed by atoms with Gasteiger partial charge in [0.25, 0.3) is 0 Å². The van der Waals surface area contributed by atoms with Crippen LogP contribution < -0.4 is 5.73 Å². The number of aryl methyl sites for hydroxylation is 1. The van der Waals surface area contributed by atoms with Crippen molar-refractivity contribution < 1.29 is 9.90 Å². The summed E-state index contributed by atoms with van der Waals surface area (Å²) in [5.41, 5.74) is 7.89. The van der Waals surface area contributed by atoms with Gasteiger partial charge in [0, 0.05) is 0 Å². The minimum absolute atomic E-state index is 0.0773. The van der Waals surface area contributed by atoms with Gasteiger partial charge in [0.1, 0.15) is 0 Å². The Morgan fingerprint density at radius 1 is 1.35 bits per heavy atom. The van der Waals surface area contributed by atoms with Gasteiger partial charge in [-0.3, -0.25) is 9.36 Å². The minimum atomic E-state index is -0.901. The minimum Gasteiger partial charge on any atom is -0.481 e. The molecule has 0 aliphatic carbocycles. The van der Waals surface area contributed by atoms with Crippen LogP contribution in [0.4, 0.5) is 5.95 Å². The Kier molecular flexibility index (Phi) is 4.62. The summed E-state index contributed by atoms with van der Waals surface area (Å²) in [7, 11) is 0.